The normalized spacial score (nSPS) is 24.4. The van der Waals surface area contributed by atoms with Gasteiger partial charge in [-0.3, -0.25) is 14.3 Å². The zero-order valence-corrected chi connectivity index (χ0v) is 15.9. The first kappa shape index (κ1) is 18.0. The van der Waals surface area contributed by atoms with Gasteiger partial charge < -0.3 is 9.80 Å². The second-order valence-corrected chi connectivity index (χ2v) is 7.68. The van der Waals surface area contributed by atoms with E-state index in [9.17, 15) is 14.0 Å². The quantitative estimate of drug-likeness (QED) is 0.791. The van der Waals surface area contributed by atoms with E-state index in [1.54, 1.807) is 22.9 Å². The van der Waals surface area contributed by atoms with Crippen LogP contribution >= 0.6 is 11.6 Å². The van der Waals surface area contributed by atoms with Gasteiger partial charge >= 0.3 is 0 Å². The Morgan fingerprint density at radius 2 is 2.04 bits per heavy atom. The number of benzene rings is 1. The molecule has 6 nitrogen and oxygen atoms in total. The minimum Gasteiger partial charge on any atom is -0.337 e. The number of aromatic nitrogens is 2. The molecule has 2 fully saturated rings. The molecule has 0 saturated carbocycles. The molecule has 4 rings (SSSR count). The van der Waals surface area contributed by atoms with Crippen molar-refractivity contribution in [3.8, 4) is 0 Å². The molecule has 2 saturated heterocycles. The Labute approximate surface area is 161 Å². The van der Waals surface area contributed by atoms with Gasteiger partial charge in [0.2, 0.25) is 5.91 Å². The van der Waals surface area contributed by atoms with Gasteiger partial charge in [-0.25, -0.2) is 4.39 Å². The highest BCUT2D eigenvalue weighted by Crippen LogP contribution is 2.45. The lowest BCUT2D eigenvalue weighted by molar-refractivity contribution is -0.130. The molecule has 2 aliphatic rings. The molecule has 27 heavy (non-hydrogen) atoms. The van der Waals surface area contributed by atoms with E-state index in [0.29, 0.717) is 30.4 Å². The smallest absolute Gasteiger partial charge is 0.273 e. The van der Waals surface area contributed by atoms with Crippen LogP contribution in [0.5, 0.6) is 0 Å². The van der Waals surface area contributed by atoms with Gasteiger partial charge in [0.1, 0.15) is 11.5 Å². The van der Waals surface area contributed by atoms with Crippen LogP contribution in [-0.4, -0.2) is 51.0 Å². The summed E-state index contributed by atoms with van der Waals surface area (Å²) in [6.07, 6.45) is 1.46. The van der Waals surface area contributed by atoms with Gasteiger partial charge in [-0.1, -0.05) is 23.7 Å². The van der Waals surface area contributed by atoms with E-state index in [4.69, 9.17) is 11.6 Å². The van der Waals surface area contributed by atoms with Crippen molar-refractivity contribution >= 4 is 23.4 Å². The van der Waals surface area contributed by atoms with Gasteiger partial charge in [-0.2, -0.15) is 5.10 Å². The average Bonchev–Trinajstić information content (AvgIpc) is 3.26. The summed E-state index contributed by atoms with van der Waals surface area (Å²) in [5.74, 6) is -0.315. The summed E-state index contributed by atoms with van der Waals surface area (Å²) in [5, 5.41) is 4.36. The first-order chi connectivity index (χ1) is 12.9. The van der Waals surface area contributed by atoms with Crippen LogP contribution in [0.15, 0.2) is 30.5 Å². The number of nitrogens with zero attached hydrogens (tertiary/aromatic N) is 4. The second kappa shape index (κ2) is 6.64. The van der Waals surface area contributed by atoms with E-state index in [1.165, 1.54) is 29.9 Å². The van der Waals surface area contributed by atoms with Crippen LogP contribution in [0.1, 0.15) is 29.0 Å². The summed E-state index contributed by atoms with van der Waals surface area (Å²) in [6.45, 7) is 3.13. The molecule has 2 aliphatic heterocycles. The fourth-order valence-electron chi connectivity index (χ4n) is 4.45. The maximum absolute atomic E-state index is 13.8. The number of carbonyl (C=O) groups is 2. The molecule has 0 radical (unpaired) electrons. The van der Waals surface area contributed by atoms with Gasteiger partial charge in [0, 0.05) is 45.4 Å². The Morgan fingerprint density at radius 1 is 1.26 bits per heavy atom. The van der Waals surface area contributed by atoms with Gasteiger partial charge in [0.15, 0.2) is 0 Å². The summed E-state index contributed by atoms with van der Waals surface area (Å²) < 4.78 is 15.3. The maximum atomic E-state index is 13.8. The Hall–Kier alpha value is -2.41. The van der Waals surface area contributed by atoms with Crippen molar-refractivity contribution in [2.45, 2.75) is 13.0 Å². The lowest BCUT2D eigenvalue weighted by Crippen LogP contribution is -2.37. The SMILES string of the molecule is CC(=O)N1C[C@H]2CN(C(=O)c3c(Cl)cnn3C)C[C@H]2[C@@H]1c1cccc(F)c1. The standard InChI is InChI=1S/C19H20ClFN4O2/c1-11(26)25-9-13-8-24(19(27)18-16(20)7-22-23(18)2)10-15(13)17(25)12-4-3-5-14(21)6-12/h3-7,13,15,17H,8-10H2,1-2H3/t13-,15-,17+/m1/s1. The molecule has 2 amide bonds. The highest BCUT2D eigenvalue weighted by molar-refractivity contribution is 6.33. The first-order valence-corrected chi connectivity index (χ1v) is 9.24. The number of hydrogen-bond acceptors (Lipinski definition) is 3. The number of likely N-dealkylation sites (tertiary alicyclic amines) is 2. The summed E-state index contributed by atoms with van der Waals surface area (Å²) in [7, 11) is 1.68. The number of fused-ring (bicyclic) bond motifs is 1. The number of hydrogen-bond donors (Lipinski definition) is 0. The topological polar surface area (TPSA) is 58.4 Å². The van der Waals surface area contributed by atoms with Gasteiger partial charge in [0.05, 0.1) is 17.3 Å². The molecule has 1 aromatic carbocycles. The molecule has 0 unspecified atom stereocenters. The summed E-state index contributed by atoms with van der Waals surface area (Å²) in [5.41, 5.74) is 1.13. The molecule has 2 aromatic rings. The van der Waals surface area contributed by atoms with E-state index in [-0.39, 0.29) is 35.5 Å². The van der Waals surface area contributed by atoms with E-state index in [1.807, 2.05) is 6.07 Å². The molecule has 0 aliphatic carbocycles. The molecule has 0 N–H and O–H groups in total. The zero-order valence-electron chi connectivity index (χ0n) is 15.1. The third kappa shape index (κ3) is 3.00. The summed E-state index contributed by atoms with van der Waals surface area (Å²) in [6, 6.07) is 6.13. The number of aryl methyl sites for hydroxylation is 1. The van der Waals surface area contributed by atoms with Crippen LogP contribution in [0.4, 0.5) is 4.39 Å². The minimum absolute atomic E-state index is 0.0359. The van der Waals surface area contributed by atoms with Crippen molar-refractivity contribution in [2.24, 2.45) is 18.9 Å². The highest BCUT2D eigenvalue weighted by atomic mass is 35.5. The third-order valence-corrected chi connectivity index (χ3v) is 5.92. The minimum atomic E-state index is -0.327. The molecular weight excluding hydrogens is 371 g/mol. The molecule has 3 heterocycles. The number of amides is 2. The van der Waals surface area contributed by atoms with Gasteiger partial charge in [-0.05, 0) is 17.7 Å². The highest BCUT2D eigenvalue weighted by Gasteiger charge is 2.49. The number of halogens is 2. The van der Waals surface area contributed by atoms with Crippen molar-refractivity contribution in [3.63, 3.8) is 0 Å². The third-order valence-electron chi connectivity index (χ3n) is 5.64. The molecule has 3 atom stereocenters. The molecule has 0 spiro atoms. The monoisotopic (exact) mass is 390 g/mol. The second-order valence-electron chi connectivity index (χ2n) is 7.27. The van der Waals surface area contributed by atoms with E-state index in [0.717, 1.165) is 5.56 Å². The molecule has 1 aromatic heterocycles. The van der Waals surface area contributed by atoms with Crippen molar-refractivity contribution in [2.75, 3.05) is 19.6 Å². The number of rotatable bonds is 2. The van der Waals surface area contributed by atoms with Crippen molar-refractivity contribution in [1.29, 1.82) is 0 Å². The first-order valence-electron chi connectivity index (χ1n) is 8.86. The molecule has 0 bridgehead atoms. The summed E-state index contributed by atoms with van der Waals surface area (Å²) in [4.78, 5) is 28.7. The fourth-order valence-corrected chi connectivity index (χ4v) is 4.70. The van der Waals surface area contributed by atoms with Gasteiger partial charge in [0.25, 0.3) is 5.91 Å². The van der Waals surface area contributed by atoms with Crippen LogP contribution in [0.2, 0.25) is 5.02 Å². The Kier molecular flexibility index (Phi) is 4.42. The van der Waals surface area contributed by atoms with Crippen LogP contribution < -0.4 is 0 Å². The maximum Gasteiger partial charge on any atom is 0.273 e. The van der Waals surface area contributed by atoms with E-state index in [2.05, 4.69) is 5.10 Å². The molecular formula is C19H20ClFN4O2. The average molecular weight is 391 g/mol. The molecule has 142 valence electrons. The molecule has 8 heteroatoms. The van der Waals surface area contributed by atoms with Crippen molar-refractivity contribution in [1.82, 2.24) is 19.6 Å². The fraction of sp³-hybridized carbons (Fsp3) is 0.421. The Balaban J connectivity index is 1.62. The summed E-state index contributed by atoms with van der Waals surface area (Å²) >= 11 is 6.12. The van der Waals surface area contributed by atoms with Crippen LogP contribution in [0.25, 0.3) is 0 Å². The largest absolute Gasteiger partial charge is 0.337 e. The van der Waals surface area contributed by atoms with Crippen LogP contribution in [-0.2, 0) is 11.8 Å². The predicted octanol–water partition coefficient (Wildman–Crippen LogP) is 2.50. The van der Waals surface area contributed by atoms with Crippen LogP contribution in [0, 0.1) is 17.7 Å². The lowest BCUT2D eigenvalue weighted by atomic mass is 9.89. The van der Waals surface area contributed by atoms with Crippen molar-refractivity contribution < 1.29 is 14.0 Å². The Bertz CT molecular complexity index is 895. The lowest BCUT2D eigenvalue weighted by Gasteiger charge is -2.29. The van der Waals surface area contributed by atoms with Crippen LogP contribution in [0.3, 0.4) is 0 Å². The predicted molar refractivity (Wildman–Crippen MR) is 97.6 cm³/mol. The zero-order chi connectivity index (χ0) is 19.3. The van der Waals surface area contributed by atoms with E-state index < -0.39 is 0 Å². The van der Waals surface area contributed by atoms with Crippen molar-refractivity contribution in [3.05, 3.63) is 52.6 Å². The van der Waals surface area contributed by atoms with E-state index >= 15 is 0 Å². The Morgan fingerprint density at radius 3 is 2.67 bits per heavy atom. The van der Waals surface area contributed by atoms with Gasteiger partial charge in [-0.15, -0.1) is 0 Å². The number of carbonyl (C=O) groups excluding carboxylic acids is 2.